The topological polar surface area (TPSA) is 126 Å². The Hall–Kier alpha value is -2.65. The van der Waals surface area contributed by atoms with Crippen molar-refractivity contribution >= 4 is 5.97 Å². The largest absolute Gasteiger partial charge is 0.507 e. The number of phenols is 1. The highest BCUT2D eigenvalue weighted by atomic mass is 16.7. The summed E-state index contributed by atoms with van der Waals surface area (Å²) < 4.78 is 16.5. The van der Waals surface area contributed by atoms with Crippen LogP contribution in [0.2, 0.25) is 0 Å². The minimum Gasteiger partial charge on any atom is -0.507 e. The summed E-state index contributed by atoms with van der Waals surface area (Å²) in [5, 5.41) is 40.7. The van der Waals surface area contributed by atoms with Crippen LogP contribution >= 0.6 is 0 Å². The average Bonchev–Trinajstić information content (AvgIpc) is 2.96. The molecule has 0 radical (unpaired) electrons. The number of carbonyl (C=O) groups excluding carboxylic acids is 1. The zero-order chi connectivity index (χ0) is 31.2. The van der Waals surface area contributed by atoms with Gasteiger partial charge in [0.25, 0.3) is 0 Å². The van der Waals surface area contributed by atoms with E-state index < -0.39 is 24.6 Å². The van der Waals surface area contributed by atoms with Crippen LogP contribution < -0.4 is 4.74 Å². The number of aliphatic hydroxyl groups is 3. The molecule has 2 rings (SSSR count). The highest BCUT2D eigenvalue weighted by molar-refractivity contribution is 5.69. The number of aromatic hydroxyl groups is 1. The zero-order valence-electron chi connectivity index (χ0n) is 26.3. The third-order valence-electron chi connectivity index (χ3n) is 7.81. The summed E-state index contributed by atoms with van der Waals surface area (Å²) in [7, 11) is 0. The standard InChI is InChI=1S/C34H52O8/c1-7-8-19-40-30(36)18-16-24(4)14-10-12-22(2)11-9-13-23(3)15-17-27-20-29(25(5)26(6)31(27)37)42-34-33(39)32(38)28(35)21-41-34/h11,14-15,20,28,32-35,37-39H,7-10,12-13,16-19,21H2,1-6H3/b22-11+,23-15+,24-14+/t28-,32+,33-,34+/m1/s1. The van der Waals surface area contributed by atoms with Crippen LogP contribution in [0.5, 0.6) is 11.5 Å². The molecule has 8 nitrogen and oxygen atoms in total. The number of allylic oxidation sites excluding steroid dienone is 6. The summed E-state index contributed by atoms with van der Waals surface area (Å²) in [4.78, 5) is 11.8. The number of carbonyl (C=O) groups is 1. The smallest absolute Gasteiger partial charge is 0.306 e. The molecule has 1 aromatic rings. The second-order valence-electron chi connectivity index (χ2n) is 11.5. The van der Waals surface area contributed by atoms with E-state index in [-0.39, 0.29) is 18.3 Å². The van der Waals surface area contributed by atoms with Gasteiger partial charge in [0.2, 0.25) is 6.29 Å². The molecule has 0 spiro atoms. The van der Waals surface area contributed by atoms with E-state index in [0.29, 0.717) is 41.9 Å². The van der Waals surface area contributed by atoms with E-state index in [0.717, 1.165) is 44.9 Å². The average molecular weight is 589 g/mol. The first kappa shape index (κ1) is 35.5. The van der Waals surface area contributed by atoms with Crippen LogP contribution in [0.15, 0.2) is 41.0 Å². The summed E-state index contributed by atoms with van der Waals surface area (Å²) in [5.74, 6) is 0.541. The number of hydrogen-bond acceptors (Lipinski definition) is 8. The molecule has 1 saturated heterocycles. The number of hydrogen-bond donors (Lipinski definition) is 4. The van der Waals surface area contributed by atoms with Gasteiger partial charge in [-0.1, -0.05) is 48.3 Å². The Balaban J connectivity index is 1.85. The Morgan fingerprint density at radius 1 is 0.929 bits per heavy atom. The fraction of sp³-hybridized carbons (Fsp3) is 0.618. The molecular weight excluding hydrogens is 536 g/mol. The Bertz CT molecular complexity index is 1100. The minimum atomic E-state index is -1.39. The van der Waals surface area contributed by atoms with Crippen molar-refractivity contribution < 1.29 is 39.4 Å². The van der Waals surface area contributed by atoms with Gasteiger partial charge in [0, 0.05) is 12.0 Å². The molecule has 4 atom stereocenters. The Morgan fingerprint density at radius 3 is 2.19 bits per heavy atom. The first-order chi connectivity index (χ1) is 19.9. The fourth-order valence-electron chi connectivity index (χ4n) is 4.61. The predicted octanol–water partition coefficient (Wildman–Crippen LogP) is 5.89. The van der Waals surface area contributed by atoms with Gasteiger partial charge in [-0.3, -0.25) is 4.79 Å². The second kappa shape index (κ2) is 18.1. The molecule has 1 heterocycles. The molecule has 8 heteroatoms. The summed E-state index contributed by atoms with van der Waals surface area (Å²) in [6, 6.07) is 1.74. The van der Waals surface area contributed by atoms with Crippen LogP contribution in [0, 0.1) is 13.8 Å². The van der Waals surface area contributed by atoms with Crippen molar-refractivity contribution in [1.82, 2.24) is 0 Å². The van der Waals surface area contributed by atoms with Gasteiger partial charge < -0.3 is 34.6 Å². The van der Waals surface area contributed by atoms with Gasteiger partial charge in [-0.05, 0) is 96.8 Å². The van der Waals surface area contributed by atoms with Gasteiger partial charge in [-0.15, -0.1) is 0 Å². The second-order valence-corrected chi connectivity index (χ2v) is 11.5. The minimum absolute atomic E-state index is 0.117. The van der Waals surface area contributed by atoms with E-state index in [2.05, 4.69) is 45.9 Å². The monoisotopic (exact) mass is 588 g/mol. The summed E-state index contributed by atoms with van der Waals surface area (Å²) >= 11 is 0. The lowest BCUT2D eigenvalue weighted by Gasteiger charge is -2.35. The maximum Gasteiger partial charge on any atom is 0.306 e. The van der Waals surface area contributed by atoms with E-state index in [1.165, 1.54) is 16.7 Å². The lowest BCUT2D eigenvalue weighted by molar-refractivity contribution is -0.242. The normalized spacial score (nSPS) is 21.9. The van der Waals surface area contributed by atoms with Crippen molar-refractivity contribution in [2.24, 2.45) is 0 Å². The first-order valence-electron chi connectivity index (χ1n) is 15.2. The van der Waals surface area contributed by atoms with E-state index in [4.69, 9.17) is 14.2 Å². The van der Waals surface area contributed by atoms with E-state index in [1.54, 1.807) is 13.0 Å². The third kappa shape index (κ3) is 11.6. The summed E-state index contributed by atoms with van der Waals surface area (Å²) in [5.41, 5.74) is 5.85. The predicted molar refractivity (Wildman–Crippen MR) is 165 cm³/mol. The molecule has 0 unspecified atom stereocenters. The zero-order valence-corrected chi connectivity index (χ0v) is 26.3. The van der Waals surface area contributed by atoms with Gasteiger partial charge in [0.15, 0.2) is 0 Å². The molecule has 0 saturated carbocycles. The molecule has 0 amide bonds. The number of esters is 1. The molecule has 0 bridgehead atoms. The lowest BCUT2D eigenvalue weighted by Crippen LogP contribution is -2.54. The van der Waals surface area contributed by atoms with Crippen LogP contribution in [0.25, 0.3) is 0 Å². The first-order valence-corrected chi connectivity index (χ1v) is 15.2. The maximum absolute atomic E-state index is 11.8. The Labute approximate surface area is 251 Å². The van der Waals surface area contributed by atoms with E-state index in [1.807, 2.05) is 6.92 Å². The van der Waals surface area contributed by atoms with Gasteiger partial charge in [-0.2, -0.15) is 0 Å². The van der Waals surface area contributed by atoms with Gasteiger partial charge >= 0.3 is 5.97 Å². The fourth-order valence-corrected chi connectivity index (χ4v) is 4.61. The number of ether oxygens (including phenoxy) is 3. The van der Waals surface area contributed by atoms with Gasteiger partial charge in [0.05, 0.1) is 13.2 Å². The highest BCUT2D eigenvalue weighted by Crippen LogP contribution is 2.35. The maximum atomic E-state index is 11.8. The van der Waals surface area contributed by atoms with Crippen LogP contribution in [-0.2, 0) is 20.7 Å². The van der Waals surface area contributed by atoms with Crippen molar-refractivity contribution in [1.29, 1.82) is 0 Å². The summed E-state index contributed by atoms with van der Waals surface area (Å²) in [6.45, 7) is 12.4. The number of benzene rings is 1. The van der Waals surface area contributed by atoms with Crippen molar-refractivity contribution in [3.8, 4) is 11.5 Å². The molecule has 0 aromatic heterocycles. The molecule has 1 fully saturated rings. The van der Waals surface area contributed by atoms with Crippen molar-refractivity contribution in [2.75, 3.05) is 13.2 Å². The van der Waals surface area contributed by atoms with E-state index >= 15 is 0 Å². The molecule has 1 aromatic carbocycles. The molecule has 4 N–H and O–H groups in total. The van der Waals surface area contributed by atoms with Gasteiger partial charge in [0.1, 0.15) is 29.8 Å². The number of rotatable bonds is 16. The molecule has 236 valence electrons. The molecule has 0 aliphatic carbocycles. The number of phenolic OH excluding ortho intramolecular Hbond substituents is 1. The van der Waals surface area contributed by atoms with Gasteiger partial charge in [-0.25, -0.2) is 0 Å². The summed E-state index contributed by atoms with van der Waals surface area (Å²) in [6.07, 6.45) is 8.94. The molecule has 1 aliphatic heterocycles. The van der Waals surface area contributed by atoms with Crippen LogP contribution in [-0.4, -0.2) is 64.2 Å². The molecule has 1 aliphatic rings. The Morgan fingerprint density at radius 2 is 1.55 bits per heavy atom. The third-order valence-corrected chi connectivity index (χ3v) is 7.81. The number of unbranched alkanes of at least 4 members (excludes halogenated alkanes) is 1. The molecular formula is C34H52O8. The Kier molecular flexibility index (Phi) is 15.3. The van der Waals surface area contributed by atoms with Crippen LogP contribution in [0.1, 0.15) is 95.8 Å². The SMILES string of the molecule is CCCCOC(=O)CC/C(C)=C/CC/C(C)=C/CC/C(C)=C/Cc1cc(O[C@@H]2OC[C@@H](O)[C@H](O)[C@H]2O)c(C)c(C)c1O. The van der Waals surface area contributed by atoms with E-state index in [9.17, 15) is 25.2 Å². The van der Waals surface area contributed by atoms with Crippen molar-refractivity contribution in [2.45, 2.75) is 124 Å². The van der Waals surface area contributed by atoms with Crippen LogP contribution in [0.3, 0.4) is 0 Å². The van der Waals surface area contributed by atoms with Crippen molar-refractivity contribution in [3.63, 3.8) is 0 Å². The molecule has 42 heavy (non-hydrogen) atoms. The van der Waals surface area contributed by atoms with Crippen LogP contribution in [0.4, 0.5) is 0 Å². The highest BCUT2D eigenvalue weighted by Gasteiger charge is 2.39. The van der Waals surface area contributed by atoms with Crippen molar-refractivity contribution in [3.05, 3.63) is 57.7 Å². The quantitative estimate of drug-likeness (QED) is 0.107. The lowest BCUT2D eigenvalue weighted by atomic mass is 9.99. The number of aliphatic hydroxyl groups excluding tert-OH is 3.